The van der Waals surface area contributed by atoms with Gasteiger partial charge < -0.3 is 14.6 Å². The molecule has 1 heterocycles. The summed E-state index contributed by atoms with van der Waals surface area (Å²) in [4.78, 5) is 18.4. The number of benzene rings is 1. The van der Waals surface area contributed by atoms with Crippen molar-refractivity contribution >= 4 is 17.7 Å². The summed E-state index contributed by atoms with van der Waals surface area (Å²) in [6, 6.07) is 10.1. The minimum Gasteiger partial charge on any atom is -0.390 e. The van der Waals surface area contributed by atoms with Crippen molar-refractivity contribution in [1.82, 2.24) is 14.5 Å². The molecule has 0 spiro atoms. The molecule has 0 atom stereocenters. The van der Waals surface area contributed by atoms with Gasteiger partial charge in [-0.3, -0.25) is 4.79 Å². The molecule has 0 aliphatic carbocycles. The van der Waals surface area contributed by atoms with Crippen LogP contribution in [0.3, 0.4) is 0 Å². The van der Waals surface area contributed by atoms with E-state index in [1.165, 1.54) is 11.8 Å². The molecule has 2 aromatic rings. The van der Waals surface area contributed by atoms with Crippen LogP contribution in [0.5, 0.6) is 0 Å². The lowest BCUT2D eigenvalue weighted by molar-refractivity contribution is -0.127. The van der Waals surface area contributed by atoms with Crippen LogP contribution in [0.2, 0.25) is 0 Å². The van der Waals surface area contributed by atoms with E-state index in [-0.39, 0.29) is 12.5 Å². The first-order chi connectivity index (χ1) is 11.2. The highest BCUT2D eigenvalue weighted by Gasteiger charge is 2.14. The fourth-order valence-corrected chi connectivity index (χ4v) is 3.23. The lowest BCUT2D eigenvalue weighted by atomic mass is 10.2. The molecule has 6 heteroatoms. The zero-order chi connectivity index (χ0) is 16.7. The Labute approximate surface area is 141 Å². The maximum Gasteiger partial charge on any atom is 0.233 e. The number of imidazole rings is 1. The summed E-state index contributed by atoms with van der Waals surface area (Å²) >= 11 is 1.42. The smallest absolute Gasteiger partial charge is 0.233 e. The van der Waals surface area contributed by atoms with E-state index in [0.717, 1.165) is 23.8 Å². The van der Waals surface area contributed by atoms with E-state index in [1.54, 1.807) is 0 Å². The number of thioether (sulfide) groups is 1. The van der Waals surface area contributed by atoms with Gasteiger partial charge in [0.15, 0.2) is 5.16 Å². The number of aromatic nitrogens is 2. The third kappa shape index (κ3) is 4.84. The second kappa shape index (κ2) is 8.74. The predicted molar refractivity (Wildman–Crippen MR) is 92.3 cm³/mol. The summed E-state index contributed by atoms with van der Waals surface area (Å²) in [6.45, 7) is 5.97. The fourth-order valence-electron chi connectivity index (χ4n) is 2.33. The Hall–Kier alpha value is -1.79. The van der Waals surface area contributed by atoms with E-state index in [0.29, 0.717) is 18.0 Å². The zero-order valence-electron chi connectivity index (χ0n) is 13.6. The average Bonchev–Trinajstić information content (AvgIpc) is 2.97. The Morgan fingerprint density at radius 2 is 1.96 bits per heavy atom. The largest absolute Gasteiger partial charge is 0.390 e. The van der Waals surface area contributed by atoms with Gasteiger partial charge in [-0.05, 0) is 19.4 Å². The molecule has 0 fully saturated rings. The van der Waals surface area contributed by atoms with Crippen molar-refractivity contribution in [2.75, 3.05) is 18.8 Å². The minimum absolute atomic E-state index is 0.0979. The molecule has 0 saturated carbocycles. The maximum atomic E-state index is 12.1. The first kappa shape index (κ1) is 17.6. The molecule has 1 amide bonds. The molecule has 0 saturated heterocycles. The summed E-state index contributed by atoms with van der Waals surface area (Å²) in [6.07, 6.45) is 1.84. The summed E-state index contributed by atoms with van der Waals surface area (Å²) in [7, 11) is 0. The number of amides is 1. The SMILES string of the molecule is CCN(CC)C(=O)CSc1nc(CO)cn1Cc1ccccc1. The molecule has 5 nitrogen and oxygen atoms in total. The van der Waals surface area contributed by atoms with E-state index < -0.39 is 0 Å². The van der Waals surface area contributed by atoms with Gasteiger partial charge in [-0.1, -0.05) is 42.1 Å². The van der Waals surface area contributed by atoms with Gasteiger partial charge in [0.2, 0.25) is 5.91 Å². The van der Waals surface area contributed by atoms with Gasteiger partial charge in [0.05, 0.1) is 18.1 Å². The predicted octanol–water partition coefficient (Wildman–Crippen LogP) is 2.38. The van der Waals surface area contributed by atoms with Gasteiger partial charge in [0.1, 0.15) is 0 Å². The van der Waals surface area contributed by atoms with Gasteiger partial charge in [0.25, 0.3) is 0 Å². The lowest BCUT2D eigenvalue weighted by Crippen LogP contribution is -2.31. The van der Waals surface area contributed by atoms with Gasteiger partial charge in [-0.2, -0.15) is 0 Å². The number of nitrogens with zero attached hydrogens (tertiary/aromatic N) is 3. The number of carbonyl (C=O) groups is 1. The van der Waals surface area contributed by atoms with Crippen molar-refractivity contribution in [2.45, 2.75) is 32.2 Å². The average molecular weight is 333 g/mol. The monoisotopic (exact) mass is 333 g/mol. The van der Waals surface area contributed by atoms with Crippen LogP contribution in [0.25, 0.3) is 0 Å². The first-order valence-electron chi connectivity index (χ1n) is 7.79. The van der Waals surface area contributed by atoms with Crippen molar-refractivity contribution < 1.29 is 9.90 Å². The zero-order valence-corrected chi connectivity index (χ0v) is 14.4. The number of aliphatic hydroxyl groups is 1. The number of aliphatic hydroxyl groups excluding tert-OH is 1. The second-order valence-electron chi connectivity index (χ2n) is 5.14. The van der Waals surface area contributed by atoms with E-state index in [9.17, 15) is 9.90 Å². The molecule has 0 aliphatic heterocycles. The number of hydrogen-bond donors (Lipinski definition) is 1. The number of carbonyl (C=O) groups excluding carboxylic acids is 1. The Balaban J connectivity index is 2.08. The van der Waals surface area contributed by atoms with E-state index >= 15 is 0 Å². The Bertz CT molecular complexity index is 624. The van der Waals surface area contributed by atoms with Crippen molar-refractivity contribution in [3.63, 3.8) is 0 Å². The normalized spacial score (nSPS) is 10.7. The van der Waals surface area contributed by atoms with Crippen molar-refractivity contribution in [1.29, 1.82) is 0 Å². The molecule has 1 aromatic carbocycles. The van der Waals surface area contributed by atoms with Crippen molar-refractivity contribution in [3.8, 4) is 0 Å². The third-order valence-corrected chi connectivity index (χ3v) is 4.56. The molecule has 2 rings (SSSR count). The minimum atomic E-state index is -0.0979. The van der Waals surface area contributed by atoms with Crippen LogP contribution in [0.4, 0.5) is 0 Å². The highest BCUT2D eigenvalue weighted by molar-refractivity contribution is 7.99. The molecule has 1 N–H and O–H groups in total. The van der Waals surface area contributed by atoms with Crippen LogP contribution in [-0.4, -0.2) is 44.3 Å². The number of hydrogen-bond acceptors (Lipinski definition) is 4. The van der Waals surface area contributed by atoms with Crippen molar-refractivity contribution in [2.24, 2.45) is 0 Å². The standard InChI is InChI=1S/C17H23N3O2S/c1-3-19(4-2)16(22)13-23-17-18-15(12-21)11-20(17)10-14-8-6-5-7-9-14/h5-9,11,21H,3-4,10,12-13H2,1-2H3. The molecule has 124 valence electrons. The van der Waals surface area contributed by atoms with Crippen LogP contribution in [0.1, 0.15) is 25.1 Å². The van der Waals surface area contributed by atoms with Crippen LogP contribution in [0.15, 0.2) is 41.7 Å². The van der Waals surface area contributed by atoms with Gasteiger partial charge in [-0.25, -0.2) is 4.98 Å². The molecule has 1 aromatic heterocycles. The van der Waals surface area contributed by atoms with Crippen LogP contribution < -0.4 is 0 Å². The quantitative estimate of drug-likeness (QED) is 0.754. The summed E-state index contributed by atoms with van der Waals surface area (Å²) < 4.78 is 1.99. The maximum absolute atomic E-state index is 12.1. The molecule has 0 radical (unpaired) electrons. The third-order valence-electron chi connectivity index (χ3n) is 3.59. The molecule has 0 unspecified atom stereocenters. The first-order valence-corrected chi connectivity index (χ1v) is 8.77. The molecular weight excluding hydrogens is 310 g/mol. The second-order valence-corrected chi connectivity index (χ2v) is 6.08. The van der Waals surface area contributed by atoms with E-state index in [2.05, 4.69) is 4.98 Å². The van der Waals surface area contributed by atoms with Crippen LogP contribution in [-0.2, 0) is 17.9 Å². The lowest BCUT2D eigenvalue weighted by Gasteiger charge is -2.18. The highest BCUT2D eigenvalue weighted by atomic mass is 32.2. The topological polar surface area (TPSA) is 58.4 Å². The van der Waals surface area contributed by atoms with Crippen LogP contribution >= 0.6 is 11.8 Å². The number of rotatable bonds is 8. The highest BCUT2D eigenvalue weighted by Crippen LogP contribution is 2.20. The molecule has 23 heavy (non-hydrogen) atoms. The summed E-state index contributed by atoms with van der Waals surface area (Å²) in [5.74, 6) is 0.470. The molecular formula is C17H23N3O2S. The van der Waals surface area contributed by atoms with Gasteiger partial charge in [-0.15, -0.1) is 0 Å². The summed E-state index contributed by atoms with van der Waals surface area (Å²) in [5.41, 5.74) is 1.78. The molecule has 0 bridgehead atoms. The Morgan fingerprint density at radius 3 is 2.57 bits per heavy atom. The van der Waals surface area contributed by atoms with Gasteiger partial charge >= 0.3 is 0 Å². The Kier molecular flexibility index (Phi) is 6.67. The fraction of sp³-hybridized carbons (Fsp3) is 0.412. The van der Waals surface area contributed by atoms with E-state index in [4.69, 9.17) is 0 Å². The van der Waals surface area contributed by atoms with E-state index in [1.807, 2.05) is 59.8 Å². The molecule has 0 aliphatic rings. The Morgan fingerprint density at radius 1 is 1.26 bits per heavy atom. The van der Waals surface area contributed by atoms with Gasteiger partial charge in [0, 0.05) is 25.8 Å². The van der Waals surface area contributed by atoms with Crippen LogP contribution in [0, 0.1) is 0 Å². The summed E-state index contributed by atoms with van der Waals surface area (Å²) in [5, 5.41) is 10.1. The van der Waals surface area contributed by atoms with Crippen molar-refractivity contribution in [3.05, 3.63) is 47.8 Å².